The fourth-order valence-electron chi connectivity index (χ4n) is 2.68. The smallest absolute Gasteiger partial charge is 0.321 e. The minimum atomic E-state index is -0.131. The van der Waals surface area contributed by atoms with Crippen molar-refractivity contribution >= 4 is 41.0 Å². The molecule has 0 unspecified atom stereocenters. The van der Waals surface area contributed by atoms with E-state index in [1.807, 2.05) is 54.6 Å². The van der Waals surface area contributed by atoms with Crippen LogP contribution in [0.3, 0.4) is 0 Å². The maximum Gasteiger partial charge on any atom is 0.321 e. The number of amides is 3. The summed E-state index contributed by atoms with van der Waals surface area (Å²) in [5.74, 6) is 0.415. The molecule has 1 fully saturated rings. The molecule has 26 heavy (non-hydrogen) atoms. The molecule has 0 aliphatic carbocycles. The molecule has 1 aliphatic rings. The molecule has 1 N–H and O–H groups in total. The first-order valence-electron chi connectivity index (χ1n) is 8.39. The molecule has 1 heterocycles. The lowest BCUT2D eigenvalue weighted by molar-refractivity contribution is -0.129. The number of thioether (sulfide) groups is 1. The number of carbonyl (C=O) groups is 2. The molecule has 3 rings (SSSR count). The number of anilines is 1. The highest BCUT2D eigenvalue weighted by Gasteiger charge is 2.24. The molecule has 2 aromatic carbocycles. The van der Waals surface area contributed by atoms with Gasteiger partial charge in [0, 0.05) is 36.8 Å². The van der Waals surface area contributed by atoms with Crippen LogP contribution in [0.4, 0.5) is 10.5 Å². The third kappa shape index (κ3) is 4.93. The number of hydrogen-bond acceptors (Lipinski definition) is 3. The predicted octanol–water partition coefficient (Wildman–Crippen LogP) is 3.81. The molecular weight excluding hydrogens is 370 g/mol. The van der Waals surface area contributed by atoms with Crippen molar-refractivity contribution in [2.45, 2.75) is 4.90 Å². The monoisotopic (exact) mass is 389 g/mol. The lowest BCUT2D eigenvalue weighted by atomic mass is 10.3. The third-order valence-corrected chi connectivity index (χ3v) is 5.63. The summed E-state index contributed by atoms with van der Waals surface area (Å²) >= 11 is 7.56. The molecule has 3 amide bonds. The fraction of sp³-hybridized carbons (Fsp3) is 0.263. The molecule has 0 spiro atoms. The van der Waals surface area contributed by atoms with Gasteiger partial charge in [0.25, 0.3) is 0 Å². The van der Waals surface area contributed by atoms with Crippen LogP contribution >= 0.6 is 23.4 Å². The average molecular weight is 390 g/mol. The standard InChI is InChI=1S/C19H20ClN3O2S/c20-16-8-4-5-9-17(16)26-14-18(24)22-10-12-23(13-11-22)19(25)21-15-6-2-1-3-7-15/h1-9H,10-14H2,(H,21,25). The number of hydrogen-bond donors (Lipinski definition) is 1. The van der Waals surface area contributed by atoms with E-state index in [0.29, 0.717) is 37.0 Å². The molecule has 0 saturated carbocycles. The van der Waals surface area contributed by atoms with Crippen molar-refractivity contribution < 1.29 is 9.59 Å². The fourth-order valence-corrected chi connectivity index (χ4v) is 3.82. The van der Waals surface area contributed by atoms with Gasteiger partial charge in [-0.1, -0.05) is 41.9 Å². The van der Waals surface area contributed by atoms with E-state index in [4.69, 9.17) is 11.6 Å². The second kappa shape index (κ2) is 8.96. The molecule has 0 atom stereocenters. The minimum absolute atomic E-state index is 0.0676. The number of rotatable bonds is 4. The molecule has 136 valence electrons. The van der Waals surface area contributed by atoms with Gasteiger partial charge in [0.1, 0.15) is 0 Å². The molecule has 0 bridgehead atoms. The Bertz CT molecular complexity index is 764. The van der Waals surface area contributed by atoms with Crippen LogP contribution in [0.25, 0.3) is 0 Å². The van der Waals surface area contributed by atoms with E-state index in [9.17, 15) is 9.59 Å². The van der Waals surface area contributed by atoms with Crippen molar-refractivity contribution in [3.05, 3.63) is 59.6 Å². The van der Waals surface area contributed by atoms with Gasteiger partial charge in [0.15, 0.2) is 0 Å². The number of nitrogens with zero attached hydrogens (tertiary/aromatic N) is 2. The summed E-state index contributed by atoms with van der Waals surface area (Å²) in [4.78, 5) is 29.1. The number of halogens is 1. The Balaban J connectivity index is 1.45. The summed E-state index contributed by atoms with van der Waals surface area (Å²) in [6.07, 6.45) is 0. The molecule has 1 aliphatic heterocycles. The molecule has 2 aromatic rings. The zero-order valence-corrected chi connectivity index (χ0v) is 15.8. The quantitative estimate of drug-likeness (QED) is 0.809. The van der Waals surface area contributed by atoms with E-state index in [1.54, 1.807) is 9.80 Å². The molecule has 0 radical (unpaired) electrons. The Morgan fingerprint density at radius 2 is 1.54 bits per heavy atom. The highest BCUT2D eigenvalue weighted by molar-refractivity contribution is 8.00. The second-order valence-electron chi connectivity index (χ2n) is 5.88. The summed E-state index contributed by atoms with van der Waals surface area (Å²) in [5, 5.41) is 3.53. The summed E-state index contributed by atoms with van der Waals surface area (Å²) in [5.41, 5.74) is 0.771. The highest BCUT2D eigenvalue weighted by atomic mass is 35.5. The van der Waals surface area contributed by atoms with Crippen LogP contribution in [0.1, 0.15) is 0 Å². The van der Waals surface area contributed by atoms with Gasteiger partial charge < -0.3 is 15.1 Å². The van der Waals surface area contributed by atoms with Gasteiger partial charge >= 0.3 is 6.03 Å². The molecule has 1 saturated heterocycles. The zero-order chi connectivity index (χ0) is 18.4. The highest BCUT2D eigenvalue weighted by Crippen LogP contribution is 2.26. The minimum Gasteiger partial charge on any atom is -0.338 e. The van der Waals surface area contributed by atoms with Gasteiger partial charge in [-0.25, -0.2) is 4.79 Å². The van der Waals surface area contributed by atoms with Crippen molar-refractivity contribution in [1.29, 1.82) is 0 Å². The average Bonchev–Trinajstić information content (AvgIpc) is 2.68. The number of carbonyl (C=O) groups excluding carboxylic acids is 2. The lowest BCUT2D eigenvalue weighted by Gasteiger charge is -2.34. The first kappa shape index (κ1) is 18.6. The van der Waals surface area contributed by atoms with Crippen molar-refractivity contribution in [3.8, 4) is 0 Å². The Morgan fingerprint density at radius 3 is 2.23 bits per heavy atom. The van der Waals surface area contributed by atoms with Crippen molar-refractivity contribution in [2.75, 3.05) is 37.2 Å². The second-order valence-corrected chi connectivity index (χ2v) is 7.31. The normalized spacial score (nSPS) is 14.2. The molecule has 5 nitrogen and oxygen atoms in total. The Labute approximate surface area is 162 Å². The first-order valence-corrected chi connectivity index (χ1v) is 9.76. The van der Waals surface area contributed by atoms with Crippen LogP contribution in [0.15, 0.2) is 59.5 Å². The Kier molecular flexibility index (Phi) is 6.41. The van der Waals surface area contributed by atoms with Gasteiger partial charge in [-0.15, -0.1) is 11.8 Å². The summed E-state index contributed by atoms with van der Waals surface area (Å²) < 4.78 is 0. The van der Waals surface area contributed by atoms with E-state index >= 15 is 0 Å². The van der Waals surface area contributed by atoms with Crippen LogP contribution in [-0.2, 0) is 4.79 Å². The SMILES string of the molecule is O=C(CSc1ccccc1Cl)N1CCN(C(=O)Nc2ccccc2)CC1. The van der Waals surface area contributed by atoms with Gasteiger partial charge in [0.05, 0.1) is 10.8 Å². The number of para-hydroxylation sites is 1. The largest absolute Gasteiger partial charge is 0.338 e. The van der Waals surface area contributed by atoms with E-state index in [-0.39, 0.29) is 11.9 Å². The molecule has 7 heteroatoms. The Hall–Kier alpha value is -2.18. The van der Waals surface area contributed by atoms with Crippen LogP contribution in [0, 0.1) is 0 Å². The van der Waals surface area contributed by atoms with E-state index in [1.165, 1.54) is 11.8 Å². The van der Waals surface area contributed by atoms with E-state index in [2.05, 4.69) is 5.32 Å². The van der Waals surface area contributed by atoms with Gasteiger partial charge in [-0.3, -0.25) is 4.79 Å². The van der Waals surface area contributed by atoms with E-state index < -0.39 is 0 Å². The predicted molar refractivity (Wildman–Crippen MR) is 106 cm³/mol. The number of benzene rings is 2. The van der Waals surface area contributed by atoms with Crippen LogP contribution < -0.4 is 5.32 Å². The van der Waals surface area contributed by atoms with Gasteiger partial charge in [-0.2, -0.15) is 0 Å². The maximum absolute atomic E-state index is 12.4. The maximum atomic E-state index is 12.4. The van der Waals surface area contributed by atoms with Crippen LogP contribution in [0.5, 0.6) is 0 Å². The van der Waals surface area contributed by atoms with Crippen molar-refractivity contribution in [2.24, 2.45) is 0 Å². The number of urea groups is 1. The lowest BCUT2D eigenvalue weighted by Crippen LogP contribution is -2.52. The summed E-state index contributed by atoms with van der Waals surface area (Å²) in [6.45, 7) is 2.15. The van der Waals surface area contributed by atoms with Crippen molar-refractivity contribution in [3.63, 3.8) is 0 Å². The zero-order valence-electron chi connectivity index (χ0n) is 14.2. The third-order valence-electron chi connectivity index (χ3n) is 4.13. The first-order chi connectivity index (χ1) is 12.6. The number of nitrogens with one attached hydrogen (secondary N) is 1. The van der Waals surface area contributed by atoms with Crippen molar-refractivity contribution in [1.82, 2.24) is 9.80 Å². The number of piperazine rings is 1. The van der Waals surface area contributed by atoms with Gasteiger partial charge in [-0.05, 0) is 24.3 Å². The Morgan fingerprint density at radius 1 is 0.923 bits per heavy atom. The van der Waals surface area contributed by atoms with Gasteiger partial charge in [0.2, 0.25) is 5.91 Å². The molecular formula is C19H20ClN3O2S. The van der Waals surface area contributed by atoms with E-state index in [0.717, 1.165) is 10.6 Å². The summed E-state index contributed by atoms with van der Waals surface area (Å²) in [7, 11) is 0. The van der Waals surface area contributed by atoms with Crippen LogP contribution in [0.2, 0.25) is 5.02 Å². The summed E-state index contributed by atoms with van der Waals surface area (Å²) in [6, 6.07) is 16.7. The molecule has 0 aromatic heterocycles. The van der Waals surface area contributed by atoms with Crippen LogP contribution in [-0.4, -0.2) is 53.7 Å². The topological polar surface area (TPSA) is 52.7 Å².